The van der Waals surface area contributed by atoms with E-state index in [4.69, 9.17) is 5.26 Å². The monoisotopic (exact) mass is 324 g/mol. The minimum absolute atomic E-state index is 0.00504. The maximum atomic E-state index is 13.1. The van der Waals surface area contributed by atoms with Crippen molar-refractivity contribution in [2.24, 2.45) is 5.92 Å². The van der Waals surface area contributed by atoms with Gasteiger partial charge in [0.1, 0.15) is 12.4 Å². The average molecular weight is 324 g/mol. The van der Waals surface area contributed by atoms with E-state index in [0.29, 0.717) is 12.3 Å². The zero-order chi connectivity index (χ0) is 17.5. The summed E-state index contributed by atoms with van der Waals surface area (Å²) >= 11 is 0. The molecule has 4 heteroatoms. The maximum absolute atomic E-state index is 13.1. The van der Waals surface area contributed by atoms with E-state index in [-0.39, 0.29) is 24.2 Å². The molecular weight excluding hydrogens is 303 g/mol. The van der Waals surface area contributed by atoms with Gasteiger partial charge in [-0.3, -0.25) is 4.79 Å². The highest BCUT2D eigenvalue weighted by Crippen LogP contribution is 2.28. The van der Waals surface area contributed by atoms with Gasteiger partial charge in [0.25, 0.3) is 0 Å². The van der Waals surface area contributed by atoms with Gasteiger partial charge in [0.05, 0.1) is 12.0 Å². The molecule has 0 saturated carbocycles. The highest BCUT2D eigenvalue weighted by Gasteiger charge is 2.22. The smallest absolute Gasteiger partial charge is 0.228 e. The van der Waals surface area contributed by atoms with Crippen LogP contribution < -0.4 is 5.32 Å². The number of hydrogen-bond donors (Lipinski definition) is 1. The Morgan fingerprint density at radius 3 is 2.50 bits per heavy atom. The molecule has 0 fully saturated rings. The summed E-state index contributed by atoms with van der Waals surface area (Å²) in [5.41, 5.74) is 2.74. The Morgan fingerprint density at radius 1 is 1.17 bits per heavy atom. The molecule has 0 unspecified atom stereocenters. The molecule has 1 N–H and O–H groups in total. The number of amides is 1. The Morgan fingerprint density at radius 2 is 1.88 bits per heavy atom. The number of rotatable bonds is 6. The summed E-state index contributed by atoms with van der Waals surface area (Å²) in [7, 11) is 0. The number of nitriles is 1. The van der Waals surface area contributed by atoms with Crippen LogP contribution in [-0.4, -0.2) is 12.5 Å². The van der Waals surface area contributed by atoms with Crippen molar-refractivity contribution in [2.75, 3.05) is 6.54 Å². The molecule has 0 bridgehead atoms. The second-order valence-corrected chi connectivity index (χ2v) is 6.19. The quantitative estimate of drug-likeness (QED) is 0.807. The van der Waals surface area contributed by atoms with E-state index in [1.54, 1.807) is 12.1 Å². The topological polar surface area (TPSA) is 52.9 Å². The van der Waals surface area contributed by atoms with Crippen molar-refractivity contribution in [3.63, 3.8) is 0 Å². The van der Waals surface area contributed by atoms with Gasteiger partial charge in [-0.05, 0) is 41.2 Å². The number of halogens is 1. The van der Waals surface area contributed by atoms with Gasteiger partial charge in [0.2, 0.25) is 5.91 Å². The third-order valence-electron chi connectivity index (χ3n) is 3.83. The molecule has 3 nitrogen and oxygen atoms in total. The fourth-order valence-corrected chi connectivity index (χ4v) is 2.69. The molecule has 0 saturated heterocycles. The predicted octanol–water partition coefficient (Wildman–Crippen LogP) is 4.26. The van der Waals surface area contributed by atoms with Gasteiger partial charge in [0, 0.05) is 0 Å². The van der Waals surface area contributed by atoms with Crippen molar-refractivity contribution in [1.29, 1.82) is 5.26 Å². The molecular formula is C20H21FN2O. The van der Waals surface area contributed by atoms with Crippen LogP contribution in [0.3, 0.4) is 0 Å². The summed E-state index contributed by atoms with van der Waals surface area (Å²) in [6.07, 6.45) is 0.699. The van der Waals surface area contributed by atoms with Crippen LogP contribution in [0.5, 0.6) is 0 Å². The van der Waals surface area contributed by atoms with Gasteiger partial charge in [-0.25, -0.2) is 4.39 Å². The lowest BCUT2D eigenvalue weighted by Gasteiger charge is -2.19. The molecule has 2 aromatic carbocycles. The minimum atomic E-state index is -0.307. The van der Waals surface area contributed by atoms with Gasteiger partial charge in [-0.2, -0.15) is 5.26 Å². The SMILES string of the molecule is CC(C)C[C@H](C(=O)NCC#N)c1cccc(-c2ccc(F)cc2)c1. The molecule has 0 spiro atoms. The third kappa shape index (κ3) is 4.66. The van der Waals surface area contributed by atoms with Crippen LogP contribution >= 0.6 is 0 Å². The Hall–Kier alpha value is -2.67. The second-order valence-electron chi connectivity index (χ2n) is 6.19. The molecule has 1 atom stereocenters. The zero-order valence-electron chi connectivity index (χ0n) is 13.9. The molecule has 0 aliphatic rings. The van der Waals surface area contributed by atoms with Crippen LogP contribution in [0.25, 0.3) is 11.1 Å². The van der Waals surface area contributed by atoms with Gasteiger partial charge >= 0.3 is 0 Å². The molecule has 0 radical (unpaired) electrons. The van der Waals surface area contributed by atoms with Crippen molar-refractivity contribution >= 4 is 5.91 Å². The Kier molecular flexibility index (Phi) is 6.08. The van der Waals surface area contributed by atoms with Crippen LogP contribution in [0.2, 0.25) is 0 Å². The molecule has 24 heavy (non-hydrogen) atoms. The summed E-state index contributed by atoms with van der Waals surface area (Å²) < 4.78 is 13.1. The molecule has 2 aromatic rings. The lowest BCUT2D eigenvalue weighted by atomic mass is 9.88. The first-order valence-electron chi connectivity index (χ1n) is 8.02. The minimum Gasteiger partial charge on any atom is -0.342 e. The van der Waals surface area contributed by atoms with E-state index in [9.17, 15) is 9.18 Å². The van der Waals surface area contributed by atoms with Crippen molar-refractivity contribution in [1.82, 2.24) is 5.32 Å². The molecule has 0 heterocycles. The summed E-state index contributed by atoms with van der Waals surface area (Å²) in [5, 5.41) is 11.3. The van der Waals surface area contributed by atoms with Crippen molar-refractivity contribution in [3.8, 4) is 17.2 Å². The van der Waals surface area contributed by atoms with Crippen LogP contribution in [0, 0.1) is 23.1 Å². The molecule has 0 aliphatic carbocycles. The van der Waals surface area contributed by atoms with Crippen LogP contribution in [0.1, 0.15) is 31.7 Å². The van der Waals surface area contributed by atoms with Crippen molar-refractivity contribution in [3.05, 3.63) is 59.9 Å². The number of carbonyl (C=O) groups excluding carboxylic acids is 1. The number of carbonyl (C=O) groups is 1. The fraction of sp³-hybridized carbons (Fsp3) is 0.300. The van der Waals surface area contributed by atoms with Gasteiger partial charge in [0.15, 0.2) is 0 Å². The number of hydrogen-bond acceptors (Lipinski definition) is 2. The van der Waals surface area contributed by atoms with Gasteiger partial charge in [-0.15, -0.1) is 0 Å². The van der Waals surface area contributed by atoms with E-state index in [1.165, 1.54) is 12.1 Å². The Balaban J connectivity index is 2.32. The second kappa shape index (κ2) is 8.26. The summed E-state index contributed by atoms with van der Waals surface area (Å²) in [6.45, 7) is 4.13. The highest BCUT2D eigenvalue weighted by molar-refractivity contribution is 5.84. The molecule has 0 aromatic heterocycles. The normalized spacial score (nSPS) is 11.8. The number of nitrogens with one attached hydrogen (secondary N) is 1. The van der Waals surface area contributed by atoms with E-state index in [0.717, 1.165) is 16.7 Å². The molecule has 1 amide bonds. The Bertz CT molecular complexity index is 732. The molecule has 124 valence electrons. The molecule has 2 rings (SSSR count). The van der Waals surface area contributed by atoms with Crippen LogP contribution in [0.15, 0.2) is 48.5 Å². The Labute approximate surface area is 142 Å². The van der Waals surface area contributed by atoms with E-state index in [1.807, 2.05) is 30.3 Å². The first kappa shape index (κ1) is 17.7. The number of nitrogens with zero attached hydrogens (tertiary/aromatic N) is 1. The highest BCUT2D eigenvalue weighted by atomic mass is 19.1. The van der Waals surface area contributed by atoms with Crippen LogP contribution in [0.4, 0.5) is 4.39 Å². The first-order valence-corrected chi connectivity index (χ1v) is 8.02. The van der Waals surface area contributed by atoms with Crippen molar-refractivity contribution in [2.45, 2.75) is 26.2 Å². The first-order chi connectivity index (χ1) is 11.5. The predicted molar refractivity (Wildman–Crippen MR) is 92.7 cm³/mol. The van der Waals surface area contributed by atoms with E-state index >= 15 is 0 Å². The lowest BCUT2D eigenvalue weighted by Crippen LogP contribution is -2.30. The third-order valence-corrected chi connectivity index (χ3v) is 3.83. The maximum Gasteiger partial charge on any atom is 0.228 e. The standard InChI is InChI=1S/C20H21FN2O/c1-14(2)12-19(20(24)23-11-10-22)17-5-3-4-16(13-17)15-6-8-18(21)9-7-15/h3-9,13-14,19H,11-12H2,1-2H3,(H,23,24)/t19-/m0/s1. The number of benzene rings is 2. The summed E-state index contributed by atoms with van der Waals surface area (Å²) in [5.74, 6) is -0.374. The van der Waals surface area contributed by atoms with E-state index < -0.39 is 0 Å². The van der Waals surface area contributed by atoms with Crippen molar-refractivity contribution < 1.29 is 9.18 Å². The van der Waals surface area contributed by atoms with Gasteiger partial charge < -0.3 is 5.32 Å². The largest absolute Gasteiger partial charge is 0.342 e. The molecule has 0 aliphatic heterocycles. The fourth-order valence-electron chi connectivity index (χ4n) is 2.69. The zero-order valence-corrected chi connectivity index (χ0v) is 13.9. The van der Waals surface area contributed by atoms with E-state index in [2.05, 4.69) is 19.2 Å². The lowest BCUT2D eigenvalue weighted by molar-refractivity contribution is -0.122. The van der Waals surface area contributed by atoms with Crippen LogP contribution in [-0.2, 0) is 4.79 Å². The average Bonchev–Trinajstić information content (AvgIpc) is 2.58. The summed E-state index contributed by atoms with van der Waals surface area (Å²) in [4.78, 5) is 12.4. The van der Waals surface area contributed by atoms with Gasteiger partial charge in [-0.1, -0.05) is 50.2 Å². The summed E-state index contributed by atoms with van der Waals surface area (Å²) in [6, 6.07) is 16.0.